The molecule has 1 amide bonds. The molecule has 0 spiro atoms. The highest BCUT2D eigenvalue weighted by Crippen LogP contribution is 2.20. The van der Waals surface area contributed by atoms with Crippen molar-refractivity contribution < 1.29 is 9.53 Å². The molecule has 1 fully saturated rings. The summed E-state index contributed by atoms with van der Waals surface area (Å²) in [6, 6.07) is 5.83. The van der Waals surface area contributed by atoms with E-state index in [1.807, 2.05) is 39.0 Å². The van der Waals surface area contributed by atoms with Crippen molar-refractivity contribution >= 4 is 27.5 Å². The second-order valence-electron chi connectivity index (χ2n) is 5.46. The fourth-order valence-corrected chi connectivity index (χ4v) is 2.87. The number of rotatable bonds is 3. The number of carbonyl (C=O) groups excluding carboxylic acids is 1. The lowest BCUT2D eigenvalue weighted by Gasteiger charge is -2.34. The molecule has 110 valence electrons. The molecule has 0 unspecified atom stereocenters. The second-order valence-corrected chi connectivity index (χ2v) is 6.32. The van der Waals surface area contributed by atoms with E-state index in [-0.39, 0.29) is 18.1 Å². The molecule has 1 aliphatic rings. The fraction of sp³-hybridized carbons (Fsp3) is 0.533. The zero-order valence-corrected chi connectivity index (χ0v) is 13.7. The normalized spacial score (nSPS) is 23.6. The van der Waals surface area contributed by atoms with Gasteiger partial charge in [-0.25, -0.2) is 0 Å². The first kappa shape index (κ1) is 15.5. The van der Waals surface area contributed by atoms with E-state index in [1.165, 1.54) is 0 Å². The number of hydrogen-bond acceptors (Lipinski definition) is 3. The van der Waals surface area contributed by atoms with Crippen LogP contribution in [0, 0.1) is 6.92 Å². The maximum absolute atomic E-state index is 12.1. The van der Waals surface area contributed by atoms with Crippen molar-refractivity contribution in [3.63, 3.8) is 0 Å². The number of morpholine rings is 1. The molecular weight excluding hydrogens is 320 g/mol. The van der Waals surface area contributed by atoms with Crippen LogP contribution in [-0.2, 0) is 9.53 Å². The molecule has 1 heterocycles. The van der Waals surface area contributed by atoms with Crippen molar-refractivity contribution in [1.82, 2.24) is 4.90 Å². The van der Waals surface area contributed by atoms with Gasteiger partial charge in [0.05, 0.1) is 18.8 Å². The Morgan fingerprint density at radius 3 is 2.65 bits per heavy atom. The highest BCUT2D eigenvalue weighted by molar-refractivity contribution is 9.10. The fourth-order valence-electron chi connectivity index (χ4n) is 2.49. The predicted molar refractivity (Wildman–Crippen MR) is 84.0 cm³/mol. The van der Waals surface area contributed by atoms with Gasteiger partial charge in [-0.1, -0.05) is 22.0 Å². The molecule has 1 N–H and O–H groups in total. The number of anilines is 1. The lowest BCUT2D eigenvalue weighted by molar-refractivity contribution is -0.121. The lowest BCUT2D eigenvalue weighted by atomic mass is 10.2. The molecule has 0 radical (unpaired) electrons. The number of aryl methyl sites for hydroxylation is 1. The maximum Gasteiger partial charge on any atom is 0.238 e. The first-order valence-corrected chi connectivity index (χ1v) is 7.67. The molecule has 5 heteroatoms. The van der Waals surface area contributed by atoms with Crippen molar-refractivity contribution in [2.75, 3.05) is 25.0 Å². The Kier molecular flexibility index (Phi) is 5.18. The van der Waals surface area contributed by atoms with Crippen LogP contribution >= 0.6 is 15.9 Å². The van der Waals surface area contributed by atoms with E-state index in [9.17, 15) is 4.79 Å². The van der Waals surface area contributed by atoms with Crippen LogP contribution in [0.4, 0.5) is 5.69 Å². The van der Waals surface area contributed by atoms with Crippen LogP contribution in [0.1, 0.15) is 19.4 Å². The summed E-state index contributed by atoms with van der Waals surface area (Å²) in [5, 5.41) is 2.94. The van der Waals surface area contributed by atoms with Crippen LogP contribution in [-0.4, -0.2) is 42.6 Å². The smallest absolute Gasteiger partial charge is 0.238 e. The topological polar surface area (TPSA) is 41.6 Å². The lowest BCUT2D eigenvalue weighted by Crippen LogP contribution is -2.48. The van der Waals surface area contributed by atoms with Gasteiger partial charge in [0, 0.05) is 23.2 Å². The Labute approximate surface area is 128 Å². The number of hydrogen-bond donors (Lipinski definition) is 1. The number of carbonyl (C=O) groups is 1. The summed E-state index contributed by atoms with van der Waals surface area (Å²) in [6.45, 7) is 8.11. The van der Waals surface area contributed by atoms with E-state index >= 15 is 0 Å². The number of benzene rings is 1. The monoisotopic (exact) mass is 340 g/mol. The van der Waals surface area contributed by atoms with Crippen LogP contribution in [0.15, 0.2) is 22.7 Å². The highest BCUT2D eigenvalue weighted by Gasteiger charge is 2.23. The third kappa shape index (κ3) is 4.30. The molecule has 0 saturated carbocycles. The summed E-state index contributed by atoms with van der Waals surface area (Å²) < 4.78 is 6.67. The Morgan fingerprint density at radius 2 is 2.05 bits per heavy atom. The number of ether oxygens (including phenoxy) is 1. The van der Waals surface area contributed by atoms with Gasteiger partial charge in [-0.15, -0.1) is 0 Å². The van der Waals surface area contributed by atoms with Crippen LogP contribution in [0.5, 0.6) is 0 Å². The molecule has 0 aromatic heterocycles. The molecular formula is C15H21BrN2O2. The van der Waals surface area contributed by atoms with Gasteiger partial charge < -0.3 is 10.1 Å². The predicted octanol–water partition coefficient (Wildman–Crippen LogP) is 2.81. The molecule has 4 nitrogen and oxygen atoms in total. The zero-order valence-electron chi connectivity index (χ0n) is 12.1. The van der Waals surface area contributed by atoms with E-state index in [0.29, 0.717) is 6.54 Å². The van der Waals surface area contributed by atoms with E-state index in [2.05, 4.69) is 26.1 Å². The number of nitrogens with zero attached hydrogens (tertiary/aromatic N) is 1. The van der Waals surface area contributed by atoms with Gasteiger partial charge in [-0.05, 0) is 38.5 Å². The van der Waals surface area contributed by atoms with E-state index in [4.69, 9.17) is 4.74 Å². The quantitative estimate of drug-likeness (QED) is 0.919. The Balaban J connectivity index is 1.90. The van der Waals surface area contributed by atoms with E-state index < -0.39 is 0 Å². The molecule has 0 bridgehead atoms. The molecule has 20 heavy (non-hydrogen) atoms. The van der Waals surface area contributed by atoms with Gasteiger partial charge in [0.25, 0.3) is 0 Å². The average molecular weight is 341 g/mol. The van der Waals surface area contributed by atoms with Gasteiger partial charge in [0.2, 0.25) is 5.91 Å². The summed E-state index contributed by atoms with van der Waals surface area (Å²) in [7, 11) is 0. The third-order valence-corrected chi connectivity index (χ3v) is 4.17. The molecule has 1 aromatic rings. The number of nitrogens with one attached hydrogen (secondary N) is 1. The molecule has 0 aliphatic carbocycles. The van der Waals surface area contributed by atoms with Crippen LogP contribution < -0.4 is 5.32 Å². The first-order chi connectivity index (χ1) is 9.44. The summed E-state index contributed by atoms with van der Waals surface area (Å²) in [5.41, 5.74) is 1.97. The van der Waals surface area contributed by atoms with Crippen molar-refractivity contribution in [3.05, 3.63) is 28.2 Å². The molecule has 2 atom stereocenters. The van der Waals surface area contributed by atoms with Gasteiger partial charge >= 0.3 is 0 Å². The minimum Gasteiger partial charge on any atom is -0.373 e. The third-order valence-electron chi connectivity index (χ3n) is 3.32. The van der Waals surface area contributed by atoms with Crippen LogP contribution in [0.25, 0.3) is 0 Å². The Morgan fingerprint density at radius 1 is 1.40 bits per heavy atom. The van der Waals surface area contributed by atoms with Gasteiger partial charge in [0.1, 0.15) is 0 Å². The summed E-state index contributed by atoms with van der Waals surface area (Å²) >= 11 is 3.47. The largest absolute Gasteiger partial charge is 0.373 e. The Hall–Kier alpha value is -0.910. The number of halogens is 1. The van der Waals surface area contributed by atoms with Crippen molar-refractivity contribution in [3.8, 4) is 0 Å². The van der Waals surface area contributed by atoms with Gasteiger partial charge in [-0.2, -0.15) is 0 Å². The minimum atomic E-state index is 0.0158. The van der Waals surface area contributed by atoms with Gasteiger partial charge in [0.15, 0.2) is 0 Å². The van der Waals surface area contributed by atoms with Crippen molar-refractivity contribution in [2.45, 2.75) is 33.0 Å². The average Bonchev–Trinajstić information content (AvgIpc) is 2.32. The van der Waals surface area contributed by atoms with Gasteiger partial charge in [-0.3, -0.25) is 9.69 Å². The first-order valence-electron chi connectivity index (χ1n) is 6.88. The minimum absolute atomic E-state index is 0.0158. The summed E-state index contributed by atoms with van der Waals surface area (Å²) in [6.07, 6.45) is 0.361. The Bertz CT molecular complexity index is 483. The number of amides is 1. The maximum atomic E-state index is 12.1. The highest BCUT2D eigenvalue weighted by atomic mass is 79.9. The zero-order chi connectivity index (χ0) is 14.7. The molecule has 1 saturated heterocycles. The SMILES string of the molecule is Cc1ccc(NC(=O)CN2C[C@H](C)O[C@@H](C)C2)cc1Br. The van der Waals surface area contributed by atoms with E-state index in [1.54, 1.807) is 0 Å². The summed E-state index contributed by atoms with van der Waals surface area (Å²) in [4.78, 5) is 14.2. The van der Waals surface area contributed by atoms with Crippen LogP contribution in [0.2, 0.25) is 0 Å². The molecule has 1 aromatic carbocycles. The standard InChI is InChI=1S/C15H21BrN2O2/c1-10-4-5-13(6-14(10)16)17-15(19)9-18-7-11(2)20-12(3)8-18/h4-6,11-12H,7-9H2,1-3H3,(H,17,19)/t11-,12-/m0/s1. The van der Waals surface area contributed by atoms with Crippen LogP contribution in [0.3, 0.4) is 0 Å². The van der Waals surface area contributed by atoms with Crippen molar-refractivity contribution in [1.29, 1.82) is 0 Å². The van der Waals surface area contributed by atoms with Crippen molar-refractivity contribution in [2.24, 2.45) is 0 Å². The second kappa shape index (κ2) is 6.70. The summed E-state index contributed by atoms with van der Waals surface area (Å²) in [5.74, 6) is 0.0158. The van der Waals surface area contributed by atoms with E-state index in [0.717, 1.165) is 28.8 Å². The molecule has 1 aliphatic heterocycles. The molecule has 2 rings (SSSR count).